The summed E-state index contributed by atoms with van der Waals surface area (Å²) >= 11 is 0. The van der Waals surface area contributed by atoms with Gasteiger partial charge in [0.05, 0.1) is 0 Å². The summed E-state index contributed by atoms with van der Waals surface area (Å²) in [6.07, 6.45) is 9.32. The van der Waals surface area contributed by atoms with Crippen LogP contribution in [0.5, 0.6) is 0 Å². The molecule has 0 aliphatic heterocycles. The summed E-state index contributed by atoms with van der Waals surface area (Å²) in [6, 6.07) is 3.76. The number of aromatic nitrogens is 1. The van der Waals surface area contributed by atoms with E-state index in [4.69, 9.17) is 0 Å². The first-order valence-corrected chi connectivity index (χ1v) is 6.45. The third kappa shape index (κ3) is 1.98. The number of hydrogen-bond donors (Lipinski definition) is 0. The van der Waals surface area contributed by atoms with E-state index in [-0.39, 0.29) is 5.95 Å². The van der Waals surface area contributed by atoms with Crippen molar-refractivity contribution >= 4 is 0 Å². The van der Waals surface area contributed by atoms with Gasteiger partial charge in [-0.1, -0.05) is 6.07 Å². The second kappa shape index (κ2) is 4.15. The van der Waals surface area contributed by atoms with E-state index in [9.17, 15) is 4.39 Å². The van der Waals surface area contributed by atoms with Gasteiger partial charge < -0.3 is 0 Å². The van der Waals surface area contributed by atoms with Crippen molar-refractivity contribution in [1.82, 2.24) is 4.98 Å². The highest BCUT2D eigenvalue weighted by atomic mass is 19.1. The lowest BCUT2D eigenvalue weighted by Gasteiger charge is -2.28. The zero-order chi connectivity index (χ0) is 11.0. The van der Waals surface area contributed by atoms with Gasteiger partial charge >= 0.3 is 0 Å². The lowest BCUT2D eigenvalue weighted by atomic mass is 9.77. The Morgan fingerprint density at radius 3 is 2.19 bits per heavy atom. The van der Waals surface area contributed by atoms with Crippen molar-refractivity contribution in [3.8, 4) is 0 Å². The first kappa shape index (κ1) is 10.2. The zero-order valence-electron chi connectivity index (χ0n) is 9.53. The van der Waals surface area contributed by atoms with Crippen molar-refractivity contribution in [2.75, 3.05) is 0 Å². The molecule has 1 aromatic rings. The number of pyridine rings is 1. The van der Waals surface area contributed by atoms with Crippen LogP contribution in [0.25, 0.3) is 0 Å². The third-order valence-electron chi connectivity index (χ3n) is 4.29. The van der Waals surface area contributed by atoms with Gasteiger partial charge in [0.25, 0.3) is 0 Å². The van der Waals surface area contributed by atoms with Gasteiger partial charge in [-0.05, 0) is 62.3 Å². The topological polar surface area (TPSA) is 12.9 Å². The molecule has 86 valence electrons. The molecule has 0 amide bonds. The highest BCUT2D eigenvalue weighted by molar-refractivity contribution is 5.17. The molecule has 1 aromatic heterocycles. The molecule has 2 saturated carbocycles. The molecule has 0 unspecified atom stereocenters. The lowest BCUT2D eigenvalue weighted by Crippen LogP contribution is -2.15. The summed E-state index contributed by atoms with van der Waals surface area (Å²) < 4.78 is 13.5. The Morgan fingerprint density at radius 1 is 1.00 bits per heavy atom. The van der Waals surface area contributed by atoms with Crippen LogP contribution in [0.4, 0.5) is 4.39 Å². The second-order valence-electron chi connectivity index (χ2n) is 5.33. The van der Waals surface area contributed by atoms with Crippen LogP contribution in [0.2, 0.25) is 0 Å². The van der Waals surface area contributed by atoms with Crippen molar-refractivity contribution in [3.05, 3.63) is 29.8 Å². The SMILES string of the molecule is Fc1ncccc1C1CCC(C2CC2)CC1. The molecule has 0 saturated heterocycles. The maximum absolute atomic E-state index is 13.5. The first-order valence-electron chi connectivity index (χ1n) is 6.45. The minimum Gasteiger partial charge on any atom is -0.228 e. The highest BCUT2D eigenvalue weighted by Gasteiger charge is 2.34. The quantitative estimate of drug-likeness (QED) is 0.687. The highest BCUT2D eigenvalue weighted by Crippen LogP contribution is 2.47. The molecular formula is C14H18FN. The molecule has 16 heavy (non-hydrogen) atoms. The normalized spacial score (nSPS) is 30.3. The Kier molecular flexibility index (Phi) is 2.66. The molecule has 2 heteroatoms. The van der Waals surface area contributed by atoms with E-state index >= 15 is 0 Å². The molecule has 0 spiro atoms. The minimum absolute atomic E-state index is 0.252. The van der Waals surface area contributed by atoms with Crippen LogP contribution >= 0.6 is 0 Å². The van der Waals surface area contributed by atoms with Gasteiger partial charge in [-0.2, -0.15) is 4.39 Å². The Morgan fingerprint density at radius 2 is 1.62 bits per heavy atom. The Hall–Kier alpha value is -0.920. The van der Waals surface area contributed by atoms with Gasteiger partial charge in [-0.3, -0.25) is 0 Å². The van der Waals surface area contributed by atoms with Gasteiger partial charge in [-0.25, -0.2) is 4.98 Å². The summed E-state index contributed by atoms with van der Waals surface area (Å²) in [7, 11) is 0. The molecule has 1 heterocycles. The van der Waals surface area contributed by atoms with Crippen molar-refractivity contribution in [1.29, 1.82) is 0 Å². The monoisotopic (exact) mass is 219 g/mol. The molecule has 2 aliphatic rings. The minimum atomic E-state index is -0.252. The van der Waals surface area contributed by atoms with Crippen molar-refractivity contribution in [2.45, 2.75) is 44.4 Å². The number of rotatable bonds is 2. The second-order valence-corrected chi connectivity index (χ2v) is 5.33. The molecular weight excluding hydrogens is 201 g/mol. The van der Waals surface area contributed by atoms with Gasteiger partial charge in [-0.15, -0.1) is 0 Å². The molecule has 0 atom stereocenters. The number of halogens is 1. The van der Waals surface area contributed by atoms with E-state index in [1.165, 1.54) is 31.9 Å². The van der Waals surface area contributed by atoms with Crippen LogP contribution in [0.1, 0.15) is 50.0 Å². The average Bonchev–Trinajstić information content (AvgIpc) is 3.14. The molecule has 0 aromatic carbocycles. The molecule has 3 rings (SSSR count). The van der Waals surface area contributed by atoms with E-state index < -0.39 is 0 Å². The van der Waals surface area contributed by atoms with Crippen LogP contribution in [0.15, 0.2) is 18.3 Å². The molecule has 1 nitrogen and oxygen atoms in total. The smallest absolute Gasteiger partial charge is 0.216 e. The summed E-state index contributed by atoms with van der Waals surface area (Å²) in [5.74, 6) is 2.12. The van der Waals surface area contributed by atoms with E-state index in [2.05, 4.69) is 4.98 Å². The Labute approximate surface area is 96.1 Å². The van der Waals surface area contributed by atoms with Crippen molar-refractivity contribution < 1.29 is 4.39 Å². The fourth-order valence-corrected chi connectivity index (χ4v) is 3.17. The largest absolute Gasteiger partial charge is 0.228 e. The van der Waals surface area contributed by atoms with Crippen LogP contribution in [0, 0.1) is 17.8 Å². The predicted molar refractivity (Wildman–Crippen MR) is 61.6 cm³/mol. The maximum Gasteiger partial charge on any atom is 0.216 e. The van der Waals surface area contributed by atoms with Crippen LogP contribution in [-0.2, 0) is 0 Å². The van der Waals surface area contributed by atoms with Crippen LogP contribution in [0.3, 0.4) is 0 Å². The van der Waals surface area contributed by atoms with Gasteiger partial charge in [0.15, 0.2) is 0 Å². The predicted octanol–water partition coefficient (Wildman–Crippen LogP) is 3.90. The maximum atomic E-state index is 13.5. The lowest BCUT2D eigenvalue weighted by molar-refractivity contribution is 0.291. The summed E-state index contributed by atoms with van der Waals surface area (Å²) in [6.45, 7) is 0. The fraction of sp³-hybridized carbons (Fsp3) is 0.643. The van der Waals surface area contributed by atoms with Gasteiger partial charge in [0.1, 0.15) is 0 Å². The Balaban J connectivity index is 1.67. The van der Waals surface area contributed by atoms with Crippen LogP contribution < -0.4 is 0 Å². The van der Waals surface area contributed by atoms with E-state index in [0.717, 1.165) is 30.2 Å². The first-order chi connectivity index (χ1) is 7.84. The Bertz CT molecular complexity index is 365. The van der Waals surface area contributed by atoms with Crippen molar-refractivity contribution in [2.24, 2.45) is 11.8 Å². The summed E-state index contributed by atoms with van der Waals surface area (Å²) in [5.41, 5.74) is 0.844. The van der Waals surface area contributed by atoms with Crippen molar-refractivity contribution in [3.63, 3.8) is 0 Å². The summed E-state index contributed by atoms with van der Waals surface area (Å²) in [5, 5.41) is 0. The third-order valence-corrected chi connectivity index (χ3v) is 4.29. The molecule has 0 N–H and O–H groups in total. The van der Waals surface area contributed by atoms with E-state index in [0.29, 0.717) is 5.92 Å². The summed E-state index contributed by atoms with van der Waals surface area (Å²) in [4.78, 5) is 3.75. The van der Waals surface area contributed by atoms with E-state index in [1.54, 1.807) is 0 Å². The van der Waals surface area contributed by atoms with Crippen LogP contribution in [-0.4, -0.2) is 4.98 Å². The van der Waals surface area contributed by atoms with E-state index in [1.807, 2.05) is 12.1 Å². The molecule has 2 fully saturated rings. The number of hydrogen-bond acceptors (Lipinski definition) is 1. The molecule has 0 bridgehead atoms. The zero-order valence-corrected chi connectivity index (χ0v) is 9.53. The molecule has 2 aliphatic carbocycles. The van der Waals surface area contributed by atoms with Gasteiger partial charge in [0, 0.05) is 11.8 Å². The molecule has 0 radical (unpaired) electrons. The average molecular weight is 219 g/mol. The number of nitrogens with zero attached hydrogens (tertiary/aromatic N) is 1. The van der Waals surface area contributed by atoms with Gasteiger partial charge in [0.2, 0.25) is 5.95 Å². The fourth-order valence-electron chi connectivity index (χ4n) is 3.17. The standard InChI is InChI=1S/C14H18FN/c15-14-13(2-1-9-16-14)12-7-5-11(6-8-12)10-3-4-10/h1-2,9-12H,3-8H2.